The van der Waals surface area contributed by atoms with Crippen LogP contribution < -0.4 is 10.2 Å². The number of hydrogen-bond donors (Lipinski definition) is 1. The molecule has 2 aromatic carbocycles. The molecule has 2 aromatic rings. The number of ether oxygens (including phenoxy) is 1. The maximum atomic E-state index is 13.3. The number of nitrogens with zero attached hydrogens (tertiary/aromatic N) is 1. The summed E-state index contributed by atoms with van der Waals surface area (Å²) in [5.41, 5.74) is 1.85. The van der Waals surface area contributed by atoms with E-state index in [9.17, 15) is 19.2 Å². The van der Waals surface area contributed by atoms with Crippen LogP contribution in [0.5, 0.6) is 0 Å². The van der Waals surface area contributed by atoms with Gasteiger partial charge in [0.25, 0.3) is 5.91 Å². The normalized spacial score (nSPS) is 29.7. The molecule has 178 valence electrons. The number of hydrogen-bond acceptors (Lipinski definition) is 5. The number of amides is 3. The highest BCUT2D eigenvalue weighted by molar-refractivity contribution is 6.22. The first-order valence-corrected chi connectivity index (χ1v) is 12.1. The Morgan fingerprint density at radius 3 is 1.94 bits per heavy atom. The van der Waals surface area contributed by atoms with Gasteiger partial charge in [-0.15, -0.1) is 0 Å². The van der Waals surface area contributed by atoms with Gasteiger partial charge >= 0.3 is 5.97 Å². The van der Waals surface area contributed by atoms with Gasteiger partial charge in [-0.05, 0) is 92.5 Å². The van der Waals surface area contributed by atoms with Gasteiger partial charge in [0.1, 0.15) is 0 Å². The Kier molecular flexibility index (Phi) is 4.91. The van der Waals surface area contributed by atoms with Crippen LogP contribution in [0.2, 0.25) is 0 Å². The van der Waals surface area contributed by atoms with Crippen LogP contribution in [-0.2, 0) is 14.3 Å². The first kappa shape index (κ1) is 21.8. The van der Waals surface area contributed by atoms with E-state index in [-0.39, 0.29) is 47.5 Å². The monoisotopic (exact) mass is 470 g/mol. The van der Waals surface area contributed by atoms with Crippen LogP contribution >= 0.6 is 0 Å². The van der Waals surface area contributed by atoms with Crippen LogP contribution in [0.25, 0.3) is 0 Å². The summed E-state index contributed by atoms with van der Waals surface area (Å²) in [7, 11) is 0. The Labute approximate surface area is 203 Å². The van der Waals surface area contributed by atoms with Gasteiger partial charge in [-0.3, -0.25) is 19.3 Å². The van der Waals surface area contributed by atoms with Crippen LogP contribution in [0.4, 0.5) is 11.4 Å². The lowest BCUT2D eigenvalue weighted by Crippen LogP contribution is -2.40. The average molecular weight is 471 g/mol. The molecule has 7 rings (SSSR count). The van der Waals surface area contributed by atoms with Gasteiger partial charge in [-0.25, -0.2) is 4.79 Å². The Morgan fingerprint density at radius 2 is 1.40 bits per heavy atom. The van der Waals surface area contributed by atoms with Crippen molar-refractivity contribution in [2.24, 2.45) is 35.5 Å². The van der Waals surface area contributed by atoms with E-state index >= 15 is 0 Å². The molecule has 3 fully saturated rings. The molecule has 2 saturated carbocycles. The second-order valence-corrected chi connectivity index (χ2v) is 10.2. The van der Waals surface area contributed by atoms with Crippen molar-refractivity contribution < 1.29 is 23.9 Å². The zero-order chi connectivity index (χ0) is 24.4. The van der Waals surface area contributed by atoms with E-state index in [0.717, 1.165) is 6.42 Å². The lowest BCUT2D eigenvalue weighted by molar-refractivity contribution is -0.124. The highest BCUT2D eigenvalue weighted by Gasteiger charge is 2.67. The van der Waals surface area contributed by atoms with Crippen molar-refractivity contribution in [3.8, 4) is 0 Å². The maximum absolute atomic E-state index is 13.3. The SMILES string of the molecule is CC(C)OC(=O)c1ccc(NC(=O)c2ccc(N3C(=O)[C@@H]4[C@H]5C=C[C@@H]([C@@H]6C[C@@H]56)[C@H]4C3=O)cc2)cc1. The number of esters is 1. The summed E-state index contributed by atoms with van der Waals surface area (Å²) >= 11 is 0. The fourth-order valence-electron chi connectivity index (χ4n) is 6.15. The van der Waals surface area contributed by atoms with Crippen molar-refractivity contribution in [1.82, 2.24) is 0 Å². The molecule has 1 aliphatic heterocycles. The largest absolute Gasteiger partial charge is 0.459 e. The lowest BCUT2D eigenvalue weighted by Gasteiger charge is -2.37. The van der Waals surface area contributed by atoms with Crippen LogP contribution in [-0.4, -0.2) is 29.8 Å². The second-order valence-electron chi connectivity index (χ2n) is 10.2. The summed E-state index contributed by atoms with van der Waals surface area (Å²) in [4.78, 5) is 52.5. The molecule has 5 aliphatic rings. The molecule has 1 N–H and O–H groups in total. The molecular formula is C28H26N2O5. The fraction of sp³-hybridized carbons (Fsp3) is 0.357. The van der Waals surface area contributed by atoms with Crippen LogP contribution in [0.15, 0.2) is 60.7 Å². The first-order chi connectivity index (χ1) is 16.8. The predicted molar refractivity (Wildman–Crippen MR) is 129 cm³/mol. The molecular weight excluding hydrogens is 444 g/mol. The van der Waals surface area contributed by atoms with Gasteiger partial charge in [0.2, 0.25) is 11.8 Å². The summed E-state index contributed by atoms with van der Waals surface area (Å²) in [6.07, 6.45) is 5.23. The minimum Gasteiger partial charge on any atom is -0.459 e. The highest BCUT2D eigenvalue weighted by atomic mass is 16.5. The van der Waals surface area contributed by atoms with Crippen molar-refractivity contribution >= 4 is 35.1 Å². The molecule has 3 amide bonds. The molecule has 0 aromatic heterocycles. The van der Waals surface area contributed by atoms with Crippen molar-refractivity contribution in [1.29, 1.82) is 0 Å². The van der Waals surface area contributed by atoms with Crippen molar-refractivity contribution in [2.75, 3.05) is 10.2 Å². The topological polar surface area (TPSA) is 92.8 Å². The third kappa shape index (κ3) is 3.49. The number of imide groups is 1. The van der Waals surface area contributed by atoms with Crippen molar-refractivity contribution in [2.45, 2.75) is 26.4 Å². The lowest BCUT2D eigenvalue weighted by atomic mass is 9.63. The highest BCUT2D eigenvalue weighted by Crippen LogP contribution is 2.65. The molecule has 0 radical (unpaired) electrons. The van der Waals surface area contributed by atoms with Gasteiger partial charge in [-0.1, -0.05) is 12.2 Å². The van der Waals surface area contributed by atoms with Crippen LogP contribution in [0, 0.1) is 35.5 Å². The smallest absolute Gasteiger partial charge is 0.338 e. The fourth-order valence-corrected chi connectivity index (χ4v) is 6.15. The maximum Gasteiger partial charge on any atom is 0.338 e. The van der Waals surface area contributed by atoms with Gasteiger partial charge in [0.05, 0.1) is 29.2 Å². The summed E-state index contributed by atoms with van der Waals surface area (Å²) in [6, 6.07) is 13.0. The van der Waals surface area contributed by atoms with E-state index in [0.29, 0.717) is 34.3 Å². The molecule has 7 heteroatoms. The van der Waals surface area contributed by atoms with Gasteiger partial charge in [-0.2, -0.15) is 0 Å². The molecule has 0 unspecified atom stereocenters. The number of carbonyl (C=O) groups excluding carboxylic acids is 4. The number of carbonyl (C=O) groups is 4. The molecule has 35 heavy (non-hydrogen) atoms. The first-order valence-electron chi connectivity index (χ1n) is 12.1. The summed E-state index contributed by atoms with van der Waals surface area (Å²) in [5.74, 6) is 0.0170. The third-order valence-corrected chi connectivity index (χ3v) is 7.77. The van der Waals surface area contributed by atoms with E-state index in [1.54, 1.807) is 62.4 Å². The number of anilines is 2. The molecule has 6 atom stereocenters. The minimum atomic E-state index is -0.417. The Balaban J connectivity index is 1.14. The summed E-state index contributed by atoms with van der Waals surface area (Å²) < 4.78 is 5.17. The number of nitrogens with one attached hydrogen (secondary N) is 1. The van der Waals surface area contributed by atoms with E-state index in [1.807, 2.05) is 0 Å². The van der Waals surface area contributed by atoms with Gasteiger partial charge in [0.15, 0.2) is 0 Å². The average Bonchev–Trinajstić information content (AvgIpc) is 3.62. The summed E-state index contributed by atoms with van der Waals surface area (Å²) in [5, 5.41) is 2.80. The van der Waals surface area contributed by atoms with Gasteiger partial charge < -0.3 is 10.1 Å². The van der Waals surface area contributed by atoms with E-state index in [4.69, 9.17) is 4.74 Å². The van der Waals surface area contributed by atoms with Gasteiger partial charge in [0, 0.05) is 11.3 Å². The van der Waals surface area contributed by atoms with E-state index in [1.165, 1.54) is 4.90 Å². The predicted octanol–water partition coefficient (Wildman–Crippen LogP) is 4.06. The minimum absolute atomic E-state index is 0.113. The van der Waals surface area contributed by atoms with Crippen LogP contribution in [0.1, 0.15) is 41.0 Å². The standard InChI is InChI=1S/C28H26N2O5/c1-14(2)35-28(34)16-3-7-17(8-4-16)29-25(31)15-5-9-18(10-6-15)30-26(32)23-19-11-12-20(22-13-21(19)22)24(23)27(30)33/h3-12,14,19-24H,13H2,1-2H3,(H,29,31)/t19-,20-,21-,22-,23+,24+/m0/s1. The number of rotatable bonds is 5. The Hall–Kier alpha value is -3.74. The van der Waals surface area contributed by atoms with E-state index < -0.39 is 5.97 Å². The molecule has 0 spiro atoms. The quantitative estimate of drug-likeness (QED) is 0.404. The zero-order valence-corrected chi connectivity index (χ0v) is 19.5. The molecule has 1 saturated heterocycles. The number of benzene rings is 2. The zero-order valence-electron chi connectivity index (χ0n) is 19.5. The van der Waals surface area contributed by atoms with Crippen LogP contribution in [0.3, 0.4) is 0 Å². The number of allylic oxidation sites excluding steroid dienone is 2. The Bertz CT molecular complexity index is 1230. The summed E-state index contributed by atoms with van der Waals surface area (Å²) in [6.45, 7) is 3.56. The Morgan fingerprint density at radius 1 is 0.857 bits per heavy atom. The molecule has 4 aliphatic carbocycles. The second kappa shape index (κ2) is 7.90. The molecule has 7 nitrogen and oxygen atoms in total. The third-order valence-electron chi connectivity index (χ3n) is 7.77. The molecule has 1 heterocycles. The van der Waals surface area contributed by atoms with Crippen molar-refractivity contribution in [3.05, 3.63) is 71.8 Å². The van der Waals surface area contributed by atoms with E-state index in [2.05, 4.69) is 17.5 Å². The molecule has 2 bridgehead atoms. The van der Waals surface area contributed by atoms with Crippen molar-refractivity contribution in [3.63, 3.8) is 0 Å².